The second kappa shape index (κ2) is 13.1. The topological polar surface area (TPSA) is 251 Å². The van der Waals surface area contributed by atoms with Gasteiger partial charge in [0.2, 0.25) is 23.6 Å². The van der Waals surface area contributed by atoms with E-state index in [1.54, 1.807) is 0 Å². The standard InChI is InChI=1S/C17H29N5O9/c1-7(2)13(17(30)31)22-15(28)9(5-12(25)26)20-16(29)10(6-23)21-14(27)8(18)3-4-11(19)24/h7-10,13,23H,3-6,18H2,1-2H3,(H2,19,24)(H,20,29)(H,21,27)(H,22,28)(H,25,26)(H,30,31). The zero-order chi connectivity index (χ0) is 24.3. The summed E-state index contributed by atoms with van der Waals surface area (Å²) in [6, 6.07) is -5.82. The Labute approximate surface area is 177 Å². The summed E-state index contributed by atoms with van der Waals surface area (Å²) < 4.78 is 0. The number of carboxylic acids is 2. The molecule has 10 N–H and O–H groups in total. The number of aliphatic hydroxyl groups is 1. The first-order valence-corrected chi connectivity index (χ1v) is 9.30. The SMILES string of the molecule is CC(C)C(NC(=O)C(CC(=O)O)NC(=O)C(CO)NC(=O)C(N)CCC(N)=O)C(=O)O. The van der Waals surface area contributed by atoms with Crippen molar-refractivity contribution in [3.8, 4) is 0 Å². The molecule has 0 fully saturated rings. The van der Waals surface area contributed by atoms with Crippen molar-refractivity contribution in [1.82, 2.24) is 16.0 Å². The van der Waals surface area contributed by atoms with Crippen molar-refractivity contribution < 1.29 is 44.1 Å². The maximum Gasteiger partial charge on any atom is 0.326 e. The summed E-state index contributed by atoms with van der Waals surface area (Å²) in [5, 5.41) is 33.8. The number of nitrogens with one attached hydrogen (secondary N) is 3. The van der Waals surface area contributed by atoms with Crippen molar-refractivity contribution in [2.45, 2.75) is 57.3 Å². The Kier molecular flexibility index (Phi) is 11.7. The third-order valence-corrected chi connectivity index (χ3v) is 4.10. The van der Waals surface area contributed by atoms with Gasteiger partial charge in [0.1, 0.15) is 18.1 Å². The molecule has 176 valence electrons. The van der Waals surface area contributed by atoms with Crippen LogP contribution in [0.4, 0.5) is 0 Å². The van der Waals surface area contributed by atoms with Crippen LogP contribution >= 0.6 is 0 Å². The number of hydrogen-bond donors (Lipinski definition) is 8. The average molecular weight is 447 g/mol. The fourth-order valence-electron chi connectivity index (χ4n) is 2.33. The van der Waals surface area contributed by atoms with Crippen molar-refractivity contribution in [3.05, 3.63) is 0 Å². The molecule has 4 atom stereocenters. The van der Waals surface area contributed by atoms with E-state index in [0.717, 1.165) is 0 Å². The van der Waals surface area contributed by atoms with Gasteiger partial charge in [0.05, 0.1) is 19.1 Å². The Bertz CT molecular complexity index is 697. The summed E-state index contributed by atoms with van der Waals surface area (Å²) in [6.45, 7) is 2.12. The lowest BCUT2D eigenvalue weighted by Gasteiger charge is -2.24. The Balaban J connectivity index is 5.23. The first-order valence-electron chi connectivity index (χ1n) is 9.30. The van der Waals surface area contributed by atoms with Crippen molar-refractivity contribution in [1.29, 1.82) is 0 Å². The predicted octanol–water partition coefficient (Wildman–Crippen LogP) is -3.76. The zero-order valence-electron chi connectivity index (χ0n) is 17.2. The van der Waals surface area contributed by atoms with Crippen LogP contribution in [-0.4, -0.2) is 81.7 Å². The van der Waals surface area contributed by atoms with Crippen LogP contribution in [0.1, 0.15) is 33.1 Å². The predicted molar refractivity (Wildman–Crippen MR) is 104 cm³/mol. The Hall–Kier alpha value is -3.26. The maximum absolute atomic E-state index is 12.4. The second-order valence-electron chi connectivity index (χ2n) is 7.08. The van der Waals surface area contributed by atoms with E-state index in [1.807, 2.05) is 0 Å². The van der Waals surface area contributed by atoms with Crippen molar-refractivity contribution >= 4 is 35.6 Å². The molecule has 0 heterocycles. The van der Waals surface area contributed by atoms with Gasteiger partial charge in [-0.25, -0.2) is 4.79 Å². The molecule has 0 aromatic carbocycles. The Morgan fingerprint density at radius 1 is 0.871 bits per heavy atom. The molecule has 0 saturated carbocycles. The molecule has 14 nitrogen and oxygen atoms in total. The minimum Gasteiger partial charge on any atom is -0.481 e. The van der Waals surface area contributed by atoms with Crippen LogP contribution in [0, 0.1) is 5.92 Å². The molecule has 0 radical (unpaired) electrons. The van der Waals surface area contributed by atoms with Crippen LogP contribution in [0.25, 0.3) is 0 Å². The highest BCUT2D eigenvalue weighted by Gasteiger charge is 2.32. The molecule has 0 aliphatic carbocycles. The van der Waals surface area contributed by atoms with Gasteiger partial charge in [-0.3, -0.25) is 24.0 Å². The van der Waals surface area contributed by atoms with Gasteiger partial charge in [0.25, 0.3) is 0 Å². The van der Waals surface area contributed by atoms with E-state index < -0.39 is 78.7 Å². The number of hydrogen-bond acceptors (Lipinski definition) is 8. The highest BCUT2D eigenvalue weighted by atomic mass is 16.4. The summed E-state index contributed by atoms with van der Waals surface area (Å²) in [7, 11) is 0. The lowest BCUT2D eigenvalue weighted by atomic mass is 10.0. The molecule has 4 amide bonds. The van der Waals surface area contributed by atoms with Crippen molar-refractivity contribution in [2.24, 2.45) is 17.4 Å². The molecule has 14 heteroatoms. The summed E-state index contributed by atoms with van der Waals surface area (Å²) >= 11 is 0. The number of primary amides is 1. The van der Waals surface area contributed by atoms with Crippen LogP contribution in [-0.2, 0) is 28.8 Å². The van der Waals surface area contributed by atoms with Crippen LogP contribution in [0.2, 0.25) is 0 Å². The van der Waals surface area contributed by atoms with E-state index in [-0.39, 0.29) is 12.8 Å². The van der Waals surface area contributed by atoms with Crippen molar-refractivity contribution in [3.63, 3.8) is 0 Å². The number of aliphatic hydroxyl groups excluding tert-OH is 1. The van der Waals surface area contributed by atoms with Crippen molar-refractivity contribution in [2.75, 3.05) is 6.61 Å². The molecule has 0 saturated heterocycles. The number of carboxylic acid groups (broad SMARTS) is 2. The first kappa shape index (κ1) is 27.7. The summed E-state index contributed by atoms with van der Waals surface area (Å²) in [6.07, 6.45) is -1.19. The molecule has 0 aromatic heterocycles. The Morgan fingerprint density at radius 3 is 1.81 bits per heavy atom. The molecule has 0 aliphatic heterocycles. The summed E-state index contributed by atoms with van der Waals surface area (Å²) in [5.41, 5.74) is 10.5. The molecular formula is C17H29N5O9. The lowest BCUT2D eigenvalue weighted by molar-refractivity contribution is -0.144. The molecule has 0 spiro atoms. The minimum atomic E-state index is -1.68. The number of amides is 4. The quantitative estimate of drug-likeness (QED) is 0.129. The zero-order valence-corrected chi connectivity index (χ0v) is 17.2. The molecule has 31 heavy (non-hydrogen) atoms. The van der Waals surface area contributed by atoms with Gasteiger partial charge in [0, 0.05) is 6.42 Å². The van der Waals surface area contributed by atoms with E-state index in [0.29, 0.717) is 0 Å². The van der Waals surface area contributed by atoms with Crippen LogP contribution in [0.3, 0.4) is 0 Å². The molecule has 4 unspecified atom stereocenters. The molecule has 0 rings (SSSR count). The van der Waals surface area contributed by atoms with Crippen LogP contribution in [0.15, 0.2) is 0 Å². The van der Waals surface area contributed by atoms with Gasteiger partial charge < -0.3 is 42.7 Å². The van der Waals surface area contributed by atoms with E-state index >= 15 is 0 Å². The van der Waals surface area contributed by atoms with E-state index in [1.165, 1.54) is 13.8 Å². The molecule has 0 aromatic rings. The lowest BCUT2D eigenvalue weighted by Crippen LogP contribution is -2.58. The fourth-order valence-corrected chi connectivity index (χ4v) is 2.33. The number of aliphatic carboxylic acids is 2. The first-order chi connectivity index (χ1) is 14.3. The molecule has 0 bridgehead atoms. The number of carbonyl (C=O) groups is 6. The molecule has 0 aliphatic rings. The summed E-state index contributed by atoms with van der Waals surface area (Å²) in [5.74, 6) is -7.10. The minimum absolute atomic E-state index is 0.114. The van der Waals surface area contributed by atoms with E-state index in [2.05, 4.69) is 16.0 Å². The fraction of sp³-hybridized carbons (Fsp3) is 0.647. The monoisotopic (exact) mass is 447 g/mol. The molecular weight excluding hydrogens is 418 g/mol. The average Bonchev–Trinajstić information content (AvgIpc) is 2.66. The van der Waals surface area contributed by atoms with Gasteiger partial charge in [-0.2, -0.15) is 0 Å². The highest BCUT2D eigenvalue weighted by molar-refractivity contribution is 5.95. The maximum atomic E-state index is 12.4. The van der Waals surface area contributed by atoms with E-state index in [4.69, 9.17) is 21.7 Å². The Morgan fingerprint density at radius 2 is 1.39 bits per heavy atom. The summed E-state index contributed by atoms with van der Waals surface area (Å²) in [4.78, 5) is 69.8. The van der Waals surface area contributed by atoms with Crippen LogP contribution < -0.4 is 27.4 Å². The van der Waals surface area contributed by atoms with Gasteiger partial charge in [-0.1, -0.05) is 13.8 Å². The number of rotatable bonds is 14. The third-order valence-electron chi connectivity index (χ3n) is 4.10. The van der Waals surface area contributed by atoms with Gasteiger partial charge in [0.15, 0.2) is 0 Å². The number of nitrogens with two attached hydrogens (primary N) is 2. The van der Waals surface area contributed by atoms with Gasteiger partial charge in [-0.05, 0) is 12.3 Å². The normalized spacial score (nSPS) is 14.6. The van der Waals surface area contributed by atoms with E-state index in [9.17, 15) is 33.9 Å². The highest BCUT2D eigenvalue weighted by Crippen LogP contribution is 2.04. The van der Waals surface area contributed by atoms with Gasteiger partial charge in [-0.15, -0.1) is 0 Å². The second-order valence-corrected chi connectivity index (χ2v) is 7.08. The number of carbonyl (C=O) groups excluding carboxylic acids is 4. The van der Waals surface area contributed by atoms with Gasteiger partial charge >= 0.3 is 11.9 Å². The largest absolute Gasteiger partial charge is 0.481 e. The smallest absolute Gasteiger partial charge is 0.326 e. The third kappa shape index (κ3) is 10.4. The van der Waals surface area contributed by atoms with Crippen LogP contribution in [0.5, 0.6) is 0 Å².